The van der Waals surface area contributed by atoms with Gasteiger partial charge in [-0.2, -0.15) is 0 Å². The van der Waals surface area contributed by atoms with Gasteiger partial charge in [-0.05, 0) is 19.2 Å². The molecule has 0 aliphatic heterocycles. The van der Waals surface area contributed by atoms with Crippen LogP contribution in [0.15, 0.2) is 30.3 Å². The lowest BCUT2D eigenvalue weighted by Gasteiger charge is -1.95. The van der Waals surface area contributed by atoms with Crippen molar-refractivity contribution in [2.45, 2.75) is 46.6 Å². The van der Waals surface area contributed by atoms with Crippen LogP contribution >= 0.6 is 0 Å². The summed E-state index contributed by atoms with van der Waals surface area (Å²) in [4.78, 5) is 9.76. The van der Waals surface area contributed by atoms with Crippen LogP contribution < -0.4 is 5.32 Å². The largest absolute Gasteiger partial charge is 0.463 e. The predicted octanol–water partition coefficient (Wildman–Crippen LogP) is 3.78. The molecule has 0 aliphatic rings. The maximum absolute atomic E-state index is 9.76. The van der Waals surface area contributed by atoms with Crippen LogP contribution in [0.4, 0.5) is 0 Å². The Morgan fingerprint density at radius 1 is 1.11 bits per heavy atom. The molecule has 0 unspecified atom stereocenters. The van der Waals surface area contributed by atoms with Crippen molar-refractivity contribution in [2.75, 3.05) is 13.6 Å². The van der Waals surface area contributed by atoms with E-state index in [4.69, 9.17) is 0 Å². The van der Waals surface area contributed by atoms with E-state index in [0.717, 1.165) is 12.1 Å². The zero-order valence-corrected chi connectivity index (χ0v) is 12.8. The molecular formula is C16H29NO2. The summed E-state index contributed by atoms with van der Waals surface area (Å²) >= 11 is 0. The van der Waals surface area contributed by atoms with Crippen molar-refractivity contribution in [3.63, 3.8) is 0 Å². The Morgan fingerprint density at radius 3 is 1.95 bits per heavy atom. The fourth-order valence-corrected chi connectivity index (χ4v) is 1.06. The molecule has 1 rings (SSSR count). The first-order valence-electron chi connectivity index (χ1n) is 7.00. The smallest absolute Gasteiger partial charge is 0.293 e. The standard InChI is InChI=1S/C8H8O2.C5H12.C3H9N/c9-7-10-6-8-4-2-1-3-5-8;1-3-5-4-2;1-3-4-2/h1-5,7H,6H2;3-5H2,1-2H3;4H,3H2,1-2H3. The van der Waals surface area contributed by atoms with E-state index in [9.17, 15) is 4.79 Å². The molecule has 0 radical (unpaired) electrons. The van der Waals surface area contributed by atoms with Crippen molar-refractivity contribution in [1.29, 1.82) is 0 Å². The molecule has 0 spiro atoms. The summed E-state index contributed by atoms with van der Waals surface area (Å²) in [5, 5.41) is 2.93. The third-order valence-corrected chi connectivity index (χ3v) is 2.22. The molecule has 0 amide bonds. The highest BCUT2D eigenvalue weighted by atomic mass is 16.5. The molecule has 3 heteroatoms. The van der Waals surface area contributed by atoms with Crippen LogP contribution in [0.2, 0.25) is 0 Å². The van der Waals surface area contributed by atoms with Crippen LogP contribution in [0.5, 0.6) is 0 Å². The summed E-state index contributed by atoms with van der Waals surface area (Å²) in [6.45, 7) is 8.38. The topological polar surface area (TPSA) is 38.3 Å². The van der Waals surface area contributed by atoms with Crippen LogP contribution in [0.3, 0.4) is 0 Å². The summed E-state index contributed by atoms with van der Waals surface area (Å²) in [7, 11) is 1.93. The molecule has 19 heavy (non-hydrogen) atoms. The Bertz CT molecular complexity index is 259. The third kappa shape index (κ3) is 19.2. The first-order valence-corrected chi connectivity index (χ1v) is 7.00. The Hall–Kier alpha value is -1.35. The van der Waals surface area contributed by atoms with Crippen LogP contribution in [-0.4, -0.2) is 20.1 Å². The summed E-state index contributed by atoms with van der Waals surface area (Å²) in [6, 6.07) is 9.55. The molecule has 0 fully saturated rings. The van der Waals surface area contributed by atoms with E-state index in [1.807, 2.05) is 37.4 Å². The number of unbranched alkanes of at least 4 members (excludes halogenated alkanes) is 2. The molecule has 1 aromatic carbocycles. The highest BCUT2D eigenvalue weighted by Gasteiger charge is 1.87. The number of hydrogen-bond donors (Lipinski definition) is 1. The predicted molar refractivity (Wildman–Crippen MR) is 82.1 cm³/mol. The van der Waals surface area contributed by atoms with Gasteiger partial charge in [-0.15, -0.1) is 0 Å². The average Bonchev–Trinajstić information content (AvgIpc) is 2.48. The summed E-state index contributed by atoms with van der Waals surface area (Å²) in [5.74, 6) is 0. The molecule has 0 heterocycles. The molecular weight excluding hydrogens is 238 g/mol. The van der Waals surface area contributed by atoms with Crippen LogP contribution in [0.1, 0.15) is 45.6 Å². The molecule has 0 aliphatic carbocycles. The van der Waals surface area contributed by atoms with Gasteiger partial charge >= 0.3 is 0 Å². The van der Waals surface area contributed by atoms with E-state index in [-0.39, 0.29) is 0 Å². The zero-order valence-electron chi connectivity index (χ0n) is 12.8. The fourth-order valence-electron chi connectivity index (χ4n) is 1.06. The highest BCUT2D eigenvalue weighted by Crippen LogP contribution is 1.98. The van der Waals surface area contributed by atoms with E-state index in [1.165, 1.54) is 19.3 Å². The van der Waals surface area contributed by atoms with Gasteiger partial charge < -0.3 is 10.1 Å². The normalized spacial score (nSPS) is 8.42. The molecule has 0 atom stereocenters. The lowest BCUT2D eigenvalue weighted by atomic mass is 10.2. The number of carbonyl (C=O) groups is 1. The van der Waals surface area contributed by atoms with E-state index < -0.39 is 0 Å². The lowest BCUT2D eigenvalue weighted by Crippen LogP contribution is -2.01. The monoisotopic (exact) mass is 267 g/mol. The second-order valence-corrected chi connectivity index (χ2v) is 3.95. The average molecular weight is 267 g/mol. The minimum Gasteiger partial charge on any atom is -0.463 e. The van der Waals surface area contributed by atoms with Gasteiger partial charge in [-0.25, -0.2) is 0 Å². The van der Waals surface area contributed by atoms with E-state index in [0.29, 0.717) is 13.1 Å². The van der Waals surface area contributed by atoms with Gasteiger partial charge in [0.15, 0.2) is 0 Å². The van der Waals surface area contributed by atoms with Gasteiger partial charge in [0.05, 0.1) is 0 Å². The zero-order chi connectivity index (χ0) is 14.8. The fraction of sp³-hybridized carbons (Fsp3) is 0.562. The van der Waals surface area contributed by atoms with Crippen LogP contribution in [0.25, 0.3) is 0 Å². The van der Waals surface area contributed by atoms with Crippen molar-refractivity contribution >= 4 is 6.47 Å². The van der Waals surface area contributed by atoms with Crippen molar-refractivity contribution in [2.24, 2.45) is 0 Å². The summed E-state index contributed by atoms with van der Waals surface area (Å²) in [5.41, 5.74) is 1.01. The van der Waals surface area contributed by atoms with E-state index in [1.54, 1.807) is 0 Å². The maximum atomic E-state index is 9.76. The van der Waals surface area contributed by atoms with Crippen molar-refractivity contribution in [3.05, 3.63) is 35.9 Å². The molecule has 1 N–H and O–H groups in total. The number of carbonyl (C=O) groups excluding carboxylic acids is 1. The van der Waals surface area contributed by atoms with Crippen LogP contribution in [-0.2, 0) is 16.1 Å². The van der Waals surface area contributed by atoms with Crippen LogP contribution in [0, 0.1) is 0 Å². The first-order chi connectivity index (χ1) is 9.26. The second-order valence-electron chi connectivity index (χ2n) is 3.95. The number of benzene rings is 1. The molecule has 1 aromatic rings. The Balaban J connectivity index is 0. The summed E-state index contributed by atoms with van der Waals surface area (Å²) < 4.78 is 4.54. The van der Waals surface area contributed by atoms with E-state index >= 15 is 0 Å². The summed E-state index contributed by atoms with van der Waals surface area (Å²) in [6.07, 6.45) is 4.08. The molecule has 3 nitrogen and oxygen atoms in total. The van der Waals surface area contributed by atoms with Gasteiger partial charge in [0.2, 0.25) is 0 Å². The number of nitrogens with one attached hydrogen (secondary N) is 1. The quantitative estimate of drug-likeness (QED) is 0.797. The molecule has 0 bridgehead atoms. The van der Waals surface area contributed by atoms with Crippen molar-refractivity contribution in [1.82, 2.24) is 5.32 Å². The highest BCUT2D eigenvalue weighted by molar-refractivity contribution is 5.37. The van der Waals surface area contributed by atoms with Gasteiger partial charge in [0.25, 0.3) is 6.47 Å². The molecule has 0 saturated heterocycles. The van der Waals surface area contributed by atoms with Crippen molar-refractivity contribution < 1.29 is 9.53 Å². The van der Waals surface area contributed by atoms with Gasteiger partial charge in [0, 0.05) is 0 Å². The van der Waals surface area contributed by atoms with Crippen molar-refractivity contribution in [3.8, 4) is 0 Å². The van der Waals surface area contributed by atoms with Gasteiger partial charge in [0.1, 0.15) is 6.61 Å². The van der Waals surface area contributed by atoms with Gasteiger partial charge in [-0.3, -0.25) is 4.79 Å². The molecule has 0 aromatic heterocycles. The number of ether oxygens (including phenoxy) is 1. The molecule has 0 saturated carbocycles. The van der Waals surface area contributed by atoms with Gasteiger partial charge in [-0.1, -0.05) is 70.4 Å². The number of rotatable bonds is 6. The van der Waals surface area contributed by atoms with E-state index in [2.05, 4.69) is 30.8 Å². The Labute approximate surface area is 118 Å². The Kier molecular flexibility index (Phi) is 20.0. The minimum absolute atomic E-state index is 0.365. The lowest BCUT2D eigenvalue weighted by molar-refractivity contribution is -0.129. The minimum atomic E-state index is 0.365. The Morgan fingerprint density at radius 2 is 1.63 bits per heavy atom. The first kappa shape index (κ1) is 20.0. The molecule has 110 valence electrons. The number of hydrogen-bond acceptors (Lipinski definition) is 3. The maximum Gasteiger partial charge on any atom is 0.293 e. The second kappa shape index (κ2) is 19.0. The SMILES string of the molecule is CCCCC.CCNC.O=COCc1ccccc1. The third-order valence-electron chi connectivity index (χ3n) is 2.22.